The van der Waals surface area contributed by atoms with E-state index in [1.807, 2.05) is 0 Å². The van der Waals surface area contributed by atoms with E-state index in [4.69, 9.17) is 0 Å². The summed E-state index contributed by atoms with van der Waals surface area (Å²) < 4.78 is 0. The van der Waals surface area contributed by atoms with Gasteiger partial charge in [-0.15, -0.1) is 0 Å². The molecule has 0 aromatic rings. The first-order chi connectivity index (χ1) is 10.8. The topological polar surface area (TPSA) is 0 Å². The summed E-state index contributed by atoms with van der Waals surface area (Å²) in [6.45, 7) is 4.95. The molecule has 0 spiro atoms. The summed E-state index contributed by atoms with van der Waals surface area (Å²) in [4.78, 5) is 0. The predicted molar refractivity (Wildman–Crippen MR) is 99.1 cm³/mol. The second-order valence-electron chi connectivity index (χ2n) is 8.52. The van der Waals surface area contributed by atoms with Gasteiger partial charge in [0, 0.05) is 0 Å². The van der Waals surface area contributed by atoms with Crippen molar-refractivity contribution in [2.75, 3.05) is 0 Å². The maximum Gasteiger partial charge on any atom is -0.0202 e. The van der Waals surface area contributed by atoms with E-state index in [9.17, 15) is 0 Å². The minimum Gasteiger partial charge on any atom is -0.0882 e. The quantitative estimate of drug-likeness (QED) is 0.405. The molecule has 0 bridgehead atoms. The zero-order valence-electron chi connectivity index (χ0n) is 15.4. The highest BCUT2D eigenvalue weighted by atomic mass is 14.4. The molecular formula is C22H40. The molecule has 0 nitrogen and oxygen atoms in total. The highest BCUT2D eigenvalue weighted by Crippen LogP contribution is 2.44. The molecule has 2 aliphatic rings. The molecule has 0 aromatic heterocycles. The Labute approximate surface area is 140 Å². The summed E-state index contributed by atoms with van der Waals surface area (Å²) in [6.07, 6.45) is 25.5. The molecule has 4 unspecified atom stereocenters. The van der Waals surface area contributed by atoms with Gasteiger partial charge in [-0.1, -0.05) is 90.2 Å². The van der Waals surface area contributed by atoms with E-state index in [1.54, 1.807) is 0 Å². The molecule has 0 amide bonds. The first-order valence-electron chi connectivity index (χ1n) is 10.4. The lowest BCUT2D eigenvalue weighted by Gasteiger charge is -2.11. The SMILES string of the molecule is CC1CCCC=CC2CC2CC(C)CCCCCCCCC1. The Morgan fingerprint density at radius 1 is 0.636 bits per heavy atom. The van der Waals surface area contributed by atoms with E-state index in [0.29, 0.717) is 0 Å². The lowest BCUT2D eigenvalue weighted by Crippen LogP contribution is -1.97. The molecule has 0 radical (unpaired) electrons. The molecule has 0 heterocycles. The standard InChI is InChI=1S/C22H40/c1-19-13-9-6-4-3-5-7-10-15-20(2)17-22-18-21(22)16-12-8-11-14-19/h12,16,19-22H,3-11,13-15,17-18H2,1-2H3. The molecule has 0 N–H and O–H groups in total. The monoisotopic (exact) mass is 304 g/mol. The van der Waals surface area contributed by atoms with Crippen molar-refractivity contribution in [3.8, 4) is 0 Å². The molecule has 0 aromatic carbocycles. The molecule has 2 aliphatic carbocycles. The van der Waals surface area contributed by atoms with Crippen LogP contribution >= 0.6 is 0 Å². The predicted octanol–water partition coefficient (Wildman–Crippen LogP) is 7.54. The van der Waals surface area contributed by atoms with Crippen LogP contribution in [-0.4, -0.2) is 0 Å². The Morgan fingerprint density at radius 3 is 1.95 bits per heavy atom. The minimum absolute atomic E-state index is 0.946. The summed E-state index contributed by atoms with van der Waals surface area (Å²) >= 11 is 0. The van der Waals surface area contributed by atoms with Crippen LogP contribution in [0.4, 0.5) is 0 Å². The summed E-state index contributed by atoms with van der Waals surface area (Å²) in [5, 5.41) is 0. The van der Waals surface area contributed by atoms with Crippen molar-refractivity contribution >= 4 is 0 Å². The minimum atomic E-state index is 0.946. The third kappa shape index (κ3) is 7.84. The van der Waals surface area contributed by atoms with Gasteiger partial charge in [0.15, 0.2) is 0 Å². The van der Waals surface area contributed by atoms with Crippen molar-refractivity contribution in [3.63, 3.8) is 0 Å². The zero-order valence-corrected chi connectivity index (χ0v) is 15.4. The normalized spacial score (nSPS) is 36.6. The van der Waals surface area contributed by atoms with Crippen LogP contribution in [0.15, 0.2) is 12.2 Å². The van der Waals surface area contributed by atoms with E-state index in [-0.39, 0.29) is 0 Å². The van der Waals surface area contributed by atoms with Gasteiger partial charge in [-0.2, -0.15) is 0 Å². The van der Waals surface area contributed by atoms with E-state index in [1.165, 1.54) is 89.9 Å². The molecule has 1 fully saturated rings. The van der Waals surface area contributed by atoms with Crippen molar-refractivity contribution in [3.05, 3.63) is 12.2 Å². The van der Waals surface area contributed by atoms with Crippen molar-refractivity contribution in [1.82, 2.24) is 0 Å². The fourth-order valence-electron chi connectivity index (χ4n) is 4.28. The number of hydrogen-bond donors (Lipinski definition) is 0. The molecule has 128 valence electrons. The highest BCUT2D eigenvalue weighted by molar-refractivity contribution is 5.02. The lowest BCUT2D eigenvalue weighted by molar-refractivity contribution is 0.425. The molecule has 2 rings (SSSR count). The van der Waals surface area contributed by atoms with Gasteiger partial charge in [-0.05, 0) is 49.4 Å². The van der Waals surface area contributed by atoms with Crippen LogP contribution in [0.2, 0.25) is 0 Å². The lowest BCUT2D eigenvalue weighted by atomic mass is 9.95. The zero-order chi connectivity index (χ0) is 15.6. The van der Waals surface area contributed by atoms with E-state index in [0.717, 1.165) is 23.7 Å². The van der Waals surface area contributed by atoms with E-state index in [2.05, 4.69) is 26.0 Å². The smallest absolute Gasteiger partial charge is 0.0202 e. The van der Waals surface area contributed by atoms with Crippen LogP contribution < -0.4 is 0 Å². The Hall–Kier alpha value is -0.260. The van der Waals surface area contributed by atoms with Gasteiger partial charge in [0.1, 0.15) is 0 Å². The van der Waals surface area contributed by atoms with Gasteiger partial charge in [0.05, 0.1) is 0 Å². The first-order valence-corrected chi connectivity index (χ1v) is 10.4. The van der Waals surface area contributed by atoms with Gasteiger partial charge in [-0.3, -0.25) is 0 Å². The Kier molecular flexibility index (Phi) is 8.63. The average Bonchev–Trinajstić information content (AvgIpc) is 3.22. The molecule has 1 saturated carbocycles. The maximum atomic E-state index is 2.55. The van der Waals surface area contributed by atoms with Crippen LogP contribution in [0.25, 0.3) is 0 Å². The number of hydrogen-bond acceptors (Lipinski definition) is 0. The molecule has 0 heteroatoms. The molecular weight excluding hydrogens is 264 g/mol. The van der Waals surface area contributed by atoms with Gasteiger partial charge in [0.2, 0.25) is 0 Å². The summed E-state index contributed by atoms with van der Waals surface area (Å²) in [6, 6.07) is 0. The van der Waals surface area contributed by atoms with Crippen molar-refractivity contribution in [1.29, 1.82) is 0 Å². The maximum absolute atomic E-state index is 2.55. The van der Waals surface area contributed by atoms with Crippen LogP contribution in [0.1, 0.15) is 104 Å². The van der Waals surface area contributed by atoms with Gasteiger partial charge in [-0.25, -0.2) is 0 Å². The third-order valence-corrected chi connectivity index (χ3v) is 6.03. The summed E-state index contributed by atoms with van der Waals surface area (Å²) in [5.41, 5.74) is 0. The summed E-state index contributed by atoms with van der Waals surface area (Å²) in [7, 11) is 0. The number of allylic oxidation sites excluding steroid dienone is 2. The van der Waals surface area contributed by atoms with Crippen LogP contribution in [0, 0.1) is 23.7 Å². The Bertz CT molecular complexity index is 303. The second-order valence-corrected chi connectivity index (χ2v) is 8.52. The molecule has 0 aliphatic heterocycles. The van der Waals surface area contributed by atoms with Crippen molar-refractivity contribution in [2.45, 2.75) is 104 Å². The largest absolute Gasteiger partial charge is 0.0882 e. The van der Waals surface area contributed by atoms with Crippen LogP contribution in [0.3, 0.4) is 0 Å². The molecule has 0 saturated heterocycles. The number of rotatable bonds is 0. The van der Waals surface area contributed by atoms with Crippen molar-refractivity contribution in [2.24, 2.45) is 23.7 Å². The van der Waals surface area contributed by atoms with E-state index < -0.39 is 0 Å². The second kappa shape index (κ2) is 10.5. The Balaban J connectivity index is 1.69. The highest BCUT2D eigenvalue weighted by Gasteiger charge is 2.35. The Morgan fingerprint density at radius 2 is 1.23 bits per heavy atom. The molecule has 4 atom stereocenters. The molecule has 22 heavy (non-hydrogen) atoms. The van der Waals surface area contributed by atoms with Gasteiger partial charge in [0.25, 0.3) is 0 Å². The van der Waals surface area contributed by atoms with Crippen LogP contribution in [0.5, 0.6) is 0 Å². The van der Waals surface area contributed by atoms with E-state index >= 15 is 0 Å². The fourth-order valence-corrected chi connectivity index (χ4v) is 4.28. The van der Waals surface area contributed by atoms with Crippen LogP contribution in [-0.2, 0) is 0 Å². The average molecular weight is 305 g/mol. The third-order valence-electron chi connectivity index (χ3n) is 6.03. The van der Waals surface area contributed by atoms with Crippen molar-refractivity contribution < 1.29 is 0 Å². The van der Waals surface area contributed by atoms with Gasteiger partial charge < -0.3 is 0 Å². The first kappa shape index (κ1) is 18.1. The number of fused-ring (bicyclic) bond motifs is 1. The van der Waals surface area contributed by atoms with Gasteiger partial charge >= 0.3 is 0 Å². The summed E-state index contributed by atoms with van der Waals surface area (Å²) in [5.74, 6) is 3.89. The fraction of sp³-hybridized carbons (Fsp3) is 0.909.